The molecule has 4 nitrogen and oxygen atoms in total. The van der Waals surface area contributed by atoms with Crippen molar-refractivity contribution < 1.29 is 9.53 Å². The van der Waals surface area contributed by atoms with E-state index in [0.717, 1.165) is 48.4 Å². The third-order valence-electron chi connectivity index (χ3n) is 4.68. The molecule has 0 aliphatic carbocycles. The number of carbonyl (C=O) groups excluding carboxylic acids is 1. The van der Waals surface area contributed by atoms with E-state index in [-0.39, 0.29) is 24.4 Å². The second-order valence-electron chi connectivity index (χ2n) is 6.32. The predicted molar refractivity (Wildman–Crippen MR) is 103 cm³/mol. The molecule has 25 heavy (non-hydrogen) atoms. The van der Waals surface area contributed by atoms with Gasteiger partial charge in [0.15, 0.2) is 0 Å². The van der Waals surface area contributed by atoms with Gasteiger partial charge in [-0.3, -0.25) is 4.79 Å². The number of benzene rings is 2. The molecule has 1 aliphatic rings. The van der Waals surface area contributed by atoms with Crippen LogP contribution in [0.5, 0.6) is 5.75 Å². The molecule has 1 aliphatic heterocycles. The van der Waals surface area contributed by atoms with E-state index in [1.807, 2.05) is 47.4 Å². The maximum absolute atomic E-state index is 12.7. The number of anilines is 1. The highest BCUT2D eigenvalue weighted by atomic mass is 35.5. The molecule has 134 valence electrons. The van der Waals surface area contributed by atoms with Gasteiger partial charge in [-0.25, -0.2) is 0 Å². The number of likely N-dealkylation sites (tertiary alicyclic amines) is 1. The van der Waals surface area contributed by atoms with Crippen LogP contribution < -0.4 is 10.5 Å². The summed E-state index contributed by atoms with van der Waals surface area (Å²) >= 11 is 0. The summed E-state index contributed by atoms with van der Waals surface area (Å²) in [6.45, 7) is 0.841. The van der Waals surface area contributed by atoms with Crippen LogP contribution >= 0.6 is 12.4 Å². The van der Waals surface area contributed by atoms with Crippen molar-refractivity contribution in [3.05, 3.63) is 59.7 Å². The zero-order chi connectivity index (χ0) is 16.9. The van der Waals surface area contributed by atoms with E-state index >= 15 is 0 Å². The fraction of sp³-hybridized carbons (Fsp3) is 0.350. The first-order chi connectivity index (χ1) is 11.7. The minimum absolute atomic E-state index is 0. The van der Waals surface area contributed by atoms with Gasteiger partial charge in [-0.15, -0.1) is 12.4 Å². The number of ether oxygens (including phenoxy) is 1. The van der Waals surface area contributed by atoms with Gasteiger partial charge in [0.1, 0.15) is 5.75 Å². The number of rotatable bonds is 5. The van der Waals surface area contributed by atoms with E-state index in [1.54, 1.807) is 7.11 Å². The van der Waals surface area contributed by atoms with E-state index in [2.05, 4.69) is 6.07 Å². The number of para-hydroxylation sites is 1. The number of nitrogens with two attached hydrogens (primary N) is 1. The maximum Gasteiger partial charge on any atom is 0.227 e. The summed E-state index contributed by atoms with van der Waals surface area (Å²) in [7, 11) is 1.69. The highest BCUT2D eigenvalue weighted by molar-refractivity contribution is 5.85. The Morgan fingerprint density at radius 2 is 1.92 bits per heavy atom. The lowest BCUT2D eigenvalue weighted by molar-refractivity contribution is -0.131. The number of hydrogen-bond donors (Lipinski definition) is 1. The Morgan fingerprint density at radius 3 is 2.64 bits per heavy atom. The van der Waals surface area contributed by atoms with Gasteiger partial charge in [0.2, 0.25) is 5.91 Å². The molecule has 5 heteroatoms. The maximum atomic E-state index is 12.7. The van der Waals surface area contributed by atoms with Gasteiger partial charge < -0.3 is 15.4 Å². The number of hydrogen-bond acceptors (Lipinski definition) is 3. The molecule has 0 spiro atoms. The van der Waals surface area contributed by atoms with Crippen molar-refractivity contribution >= 4 is 24.0 Å². The summed E-state index contributed by atoms with van der Waals surface area (Å²) in [4.78, 5) is 14.7. The molecule has 2 aromatic rings. The quantitative estimate of drug-likeness (QED) is 0.830. The third-order valence-corrected chi connectivity index (χ3v) is 4.68. The lowest BCUT2D eigenvalue weighted by Gasteiger charge is -2.25. The number of methoxy groups -OCH3 is 1. The Kier molecular flexibility index (Phi) is 6.71. The SMILES string of the molecule is COc1ccccc1CC1CCCN1C(=O)Cc1ccc(N)cc1.Cl. The average molecular weight is 361 g/mol. The smallest absolute Gasteiger partial charge is 0.227 e. The summed E-state index contributed by atoms with van der Waals surface area (Å²) in [6, 6.07) is 15.9. The molecule has 0 saturated carbocycles. The molecular weight excluding hydrogens is 336 g/mol. The van der Waals surface area contributed by atoms with Crippen molar-refractivity contribution in [2.45, 2.75) is 31.7 Å². The van der Waals surface area contributed by atoms with E-state index in [4.69, 9.17) is 10.5 Å². The highest BCUT2D eigenvalue weighted by Crippen LogP contribution is 2.26. The first-order valence-electron chi connectivity index (χ1n) is 8.43. The van der Waals surface area contributed by atoms with Gasteiger partial charge in [0.05, 0.1) is 13.5 Å². The zero-order valence-electron chi connectivity index (χ0n) is 14.5. The third kappa shape index (κ3) is 4.67. The number of amides is 1. The van der Waals surface area contributed by atoms with Gasteiger partial charge in [0.25, 0.3) is 0 Å². The zero-order valence-corrected chi connectivity index (χ0v) is 15.3. The normalized spacial score (nSPS) is 16.4. The van der Waals surface area contributed by atoms with Gasteiger partial charge in [0, 0.05) is 18.3 Å². The Labute approximate surface area is 155 Å². The van der Waals surface area contributed by atoms with Crippen LogP contribution in [0.15, 0.2) is 48.5 Å². The van der Waals surface area contributed by atoms with Crippen LogP contribution in [0, 0.1) is 0 Å². The van der Waals surface area contributed by atoms with Crippen LogP contribution in [0.25, 0.3) is 0 Å². The lowest BCUT2D eigenvalue weighted by atomic mass is 10.0. The molecule has 1 amide bonds. The molecular formula is C20H25ClN2O2. The standard InChI is InChI=1S/C20H24N2O2.ClH/c1-24-19-7-3-2-5-16(19)14-18-6-4-12-22(18)20(23)13-15-8-10-17(21)11-9-15;/h2-3,5,7-11,18H,4,6,12-14,21H2,1H3;1H. The second-order valence-corrected chi connectivity index (χ2v) is 6.32. The first-order valence-corrected chi connectivity index (χ1v) is 8.43. The molecule has 3 rings (SSSR count). The van der Waals surface area contributed by atoms with Crippen molar-refractivity contribution in [2.75, 3.05) is 19.4 Å². The lowest BCUT2D eigenvalue weighted by Crippen LogP contribution is -2.37. The summed E-state index contributed by atoms with van der Waals surface area (Å²) in [5, 5.41) is 0. The summed E-state index contributed by atoms with van der Waals surface area (Å²) in [5.74, 6) is 1.09. The van der Waals surface area contributed by atoms with E-state index in [0.29, 0.717) is 6.42 Å². The van der Waals surface area contributed by atoms with Crippen LogP contribution in [-0.4, -0.2) is 30.5 Å². The first kappa shape index (κ1) is 19.1. The molecule has 2 N–H and O–H groups in total. The topological polar surface area (TPSA) is 55.6 Å². The minimum Gasteiger partial charge on any atom is -0.496 e. The van der Waals surface area contributed by atoms with Crippen molar-refractivity contribution in [2.24, 2.45) is 0 Å². The summed E-state index contributed by atoms with van der Waals surface area (Å²) in [5.41, 5.74) is 8.61. The number of carbonyl (C=O) groups is 1. The van der Waals surface area contributed by atoms with E-state index < -0.39 is 0 Å². The van der Waals surface area contributed by atoms with E-state index in [9.17, 15) is 4.79 Å². The molecule has 1 fully saturated rings. The minimum atomic E-state index is 0. The number of nitrogens with zero attached hydrogens (tertiary/aromatic N) is 1. The molecule has 1 heterocycles. The fourth-order valence-corrected chi connectivity index (χ4v) is 3.41. The van der Waals surface area contributed by atoms with Crippen molar-refractivity contribution in [1.82, 2.24) is 4.90 Å². The van der Waals surface area contributed by atoms with Crippen LogP contribution in [0.1, 0.15) is 24.0 Å². The average Bonchev–Trinajstić information content (AvgIpc) is 3.06. The fourth-order valence-electron chi connectivity index (χ4n) is 3.41. The number of halogens is 1. The largest absolute Gasteiger partial charge is 0.496 e. The van der Waals surface area contributed by atoms with Gasteiger partial charge in [-0.1, -0.05) is 30.3 Å². The van der Waals surface area contributed by atoms with E-state index in [1.165, 1.54) is 0 Å². The summed E-state index contributed by atoms with van der Waals surface area (Å²) < 4.78 is 5.44. The predicted octanol–water partition coefficient (Wildman–Crippen LogP) is 3.48. The molecule has 1 unspecified atom stereocenters. The van der Waals surface area contributed by atoms with Crippen LogP contribution in [0.2, 0.25) is 0 Å². The monoisotopic (exact) mass is 360 g/mol. The second kappa shape index (κ2) is 8.77. The Balaban J connectivity index is 0.00000225. The van der Waals surface area contributed by atoms with Gasteiger partial charge in [-0.2, -0.15) is 0 Å². The molecule has 2 aromatic carbocycles. The van der Waals surface area contributed by atoms with Crippen molar-refractivity contribution in [1.29, 1.82) is 0 Å². The highest BCUT2D eigenvalue weighted by Gasteiger charge is 2.29. The molecule has 1 atom stereocenters. The Morgan fingerprint density at radius 1 is 1.20 bits per heavy atom. The van der Waals surface area contributed by atoms with Gasteiger partial charge in [-0.05, 0) is 48.6 Å². The van der Waals surface area contributed by atoms with Crippen LogP contribution in [-0.2, 0) is 17.6 Å². The summed E-state index contributed by atoms with van der Waals surface area (Å²) in [6.07, 6.45) is 3.39. The van der Waals surface area contributed by atoms with Crippen molar-refractivity contribution in [3.8, 4) is 5.75 Å². The van der Waals surface area contributed by atoms with Crippen LogP contribution in [0.4, 0.5) is 5.69 Å². The Hall–Kier alpha value is -2.20. The van der Waals surface area contributed by atoms with Crippen molar-refractivity contribution in [3.63, 3.8) is 0 Å². The number of nitrogen functional groups attached to an aromatic ring is 1. The Bertz CT molecular complexity index is 703. The van der Waals surface area contributed by atoms with Gasteiger partial charge >= 0.3 is 0 Å². The molecule has 1 saturated heterocycles. The molecule has 0 aromatic heterocycles. The van der Waals surface area contributed by atoms with Crippen LogP contribution in [0.3, 0.4) is 0 Å². The molecule has 0 radical (unpaired) electrons. The molecule has 0 bridgehead atoms.